The van der Waals surface area contributed by atoms with Crippen molar-refractivity contribution in [2.75, 3.05) is 17.3 Å². The van der Waals surface area contributed by atoms with Crippen molar-refractivity contribution in [2.24, 2.45) is 0 Å². The van der Waals surface area contributed by atoms with Gasteiger partial charge in [-0.25, -0.2) is 19.7 Å². The van der Waals surface area contributed by atoms with Crippen molar-refractivity contribution >= 4 is 34.4 Å². The van der Waals surface area contributed by atoms with Crippen molar-refractivity contribution < 1.29 is 9.53 Å². The number of rotatable bonds is 6. The quantitative estimate of drug-likeness (QED) is 0.242. The van der Waals surface area contributed by atoms with Gasteiger partial charge in [0.2, 0.25) is 0 Å². The number of anilines is 3. The third kappa shape index (κ3) is 5.08. The zero-order valence-corrected chi connectivity index (χ0v) is 21.7. The van der Waals surface area contributed by atoms with Crippen LogP contribution in [-0.2, 0) is 0 Å². The van der Waals surface area contributed by atoms with Crippen molar-refractivity contribution in [3.63, 3.8) is 0 Å². The number of fused-ring (bicyclic) bond motifs is 1. The maximum absolute atomic E-state index is 13.5. The van der Waals surface area contributed by atoms with Gasteiger partial charge in [-0.05, 0) is 54.1 Å². The number of para-hydroxylation sites is 2. The second-order valence-corrected chi connectivity index (χ2v) is 9.01. The normalized spacial score (nSPS) is 10.7. The highest BCUT2D eigenvalue weighted by atomic mass is 16.5. The van der Waals surface area contributed by atoms with E-state index in [1.54, 1.807) is 12.0 Å². The van der Waals surface area contributed by atoms with E-state index in [0.717, 1.165) is 39.5 Å². The minimum atomic E-state index is -0.358. The van der Waals surface area contributed by atoms with Crippen LogP contribution in [0.5, 0.6) is 5.75 Å². The van der Waals surface area contributed by atoms with Gasteiger partial charge < -0.3 is 4.74 Å². The molecule has 0 saturated carbocycles. The molecule has 0 bridgehead atoms. The van der Waals surface area contributed by atoms with E-state index >= 15 is 0 Å². The zero-order valence-electron chi connectivity index (χ0n) is 21.7. The first kappa shape index (κ1) is 24.8. The SMILES string of the molecule is COc1cc(-c2ccc3ncc(NC(=O)N(c4ccccc4)c4ccccc4)nc3n2)ccc1-c1ccccc1. The molecule has 0 aliphatic carbocycles. The number of hydrogen-bond acceptors (Lipinski definition) is 5. The monoisotopic (exact) mass is 523 g/mol. The molecule has 0 aliphatic heterocycles. The molecule has 2 heterocycles. The molecule has 0 fully saturated rings. The van der Waals surface area contributed by atoms with Crippen LogP contribution in [0.4, 0.5) is 22.0 Å². The molecule has 0 saturated heterocycles. The Morgan fingerprint density at radius 2 is 1.38 bits per heavy atom. The van der Waals surface area contributed by atoms with Gasteiger partial charge >= 0.3 is 6.03 Å². The molecule has 6 rings (SSSR count). The predicted molar refractivity (Wildman–Crippen MR) is 159 cm³/mol. The minimum absolute atomic E-state index is 0.302. The Balaban J connectivity index is 1.31. The molecule has 6 aromatic rings. The molecule has 2 amide bonds. The molecule has 194 valence electrons. The van der Waals surface area contributed by atoms with Gasteiger partial charge in [0.1, 0.15) is 11.3 Å². The first-order valence-electron chi connectivity index (χ1n) is 12.8. The molecule has 0 spiro atoms. The lowest BCUT2D eigenvalue weighted by atomic mass is 10.0. The molecule has 0 radical (unpaired) electrons. The molecule has 0 atom stereocenters. The molecular formula is C33H25N5O2. The van der Waals surface area contributed by atoms with Gasteiger partial charge in [0, 0.05) is 11.1 Å². The van der Waals surface area contributed by atoms with Gasteiger partial charge in [0.25, 0.3) is 0 Å². The average Bonchev–Trinajstić information content (AvgIpc) is 3.02. The summed E-state index contributed by atoms with van der Waals surface area (Å²) in [5, 5.41) is 2.89. The highest BCUT2D eigenvalue weighted by Crippen LogP contribution is 2.34. The summed E-state index contributed by atoms with van der Waals surface area (Å²) < 4.78 is 5.70. The fourth-order valence-electron chi connectivity index (χ4n) is 4.53. The number of nitrogens with zero attached hydrogens (tertiary/aromatic N) is 4. The highest BCUT2D eigenvalue weighted by Gasteiger charge is 2.19. The lowest BCUT2D eigenvalue weighted by Gasteiger charge is -2.23. The zero-order chi connectivity index (χ0) is 27.3. The summed E-state index contributed by atoms with van der Waals surface area (Å²) >= 11 is 0. The summed E-state index contributed by atoms with van der Waals surface area (Å²) in [6, 6.07) is 38.4. The largest absolute Gasteiger partial charge is 0.496 e. The predicted octanol–water partition coefficient (Wildman–Crippen LogP) is 7.74. The molecule has 4 aromatic carbocycles. The first-order valence-corrected chi connectivity index (χ1v) is 12.8. The molecule has 2 aromatic heterocycles. The smallest absolute Gasteiger partial charge is 0.332 e. The second kappa shape index (κ2) is 11.0. The third-order valence-electron chi connectivity index (χ3n) is 6.46. The Morgan fingerprint density at radius 1 is 0.725 bits per heavy atom. The van der Waals surface area contributed by atoms with E-state index in [1.165, 1.54) is 6.20 Å². The Hall–Kier alpha value is -5.56. The fourth-order valence-corrected chi connectivity index (χ4v) is 4.53. The minimum Gasteiger partial charge on any atom is -0.496 e. The van der Waals surface area contributed by atoms with Crippen LogP contribution >= 0.6 is 0 Å². The van der Waals surface area contributed by atoms with Crippen molar-refractivity contribution in [1.82, 2.24) is 15.0 Å². The van der Waals surface area contributed by atoms with E-state index in [0.29, 0.717) is 17.0 Å². The molecule has 0 aliphatic rings. The van der Waals surface area contributed by atoms with Gasteiger partial charge in [0.05, 0.1) is 30.4 Å². The highest BCUT2D eigenvalue weighted by molar-refractivity contribution is 6.06. The molecule has 1 N–H and O–H groups in total. The van der Waals surface area contributed by atoms with E-state index in [1.807, 2.05) is 121 Å². The van der Waals surface area contributed by atoms with Crippen LogP contribution in [0.2, 0.25) is 0 Å². The van der Waals surface area contributed by atoms with E-state index in [-0.39, 0.29) is 6.03 Å². The summed E-state index contributed by atoms with van der Waals surface area (Å²) in [5.41, 5.74) is 6.18. The molecule has 7 nitrogen and oxygen atoms in total. The number of hydrogen-bond donors (Lipinski definition) is 1. The van der Waals surface area contributed by atoms with Gasteiger partial charge in [-0.2, -0.15) is 0 Å². The van der Waals surface area contributed by atoms with Gasteiger partial charge in [-0.1, -0.05) is 72.8 Å². The van der Waals surface area contributed by atoms with E-state index in [9.17, 15) is 4.79 Å². The Bertz CT molecular complexity index is 1740. The van der Waals surface area contributed by atoms with E-state index in [2.05, 4.69) is 15.3 Å². The lowest BCUT2D eigenvalue weighted by Crippen LogP contribution is -2.31. The number of amides is 2. The number of urea groups is 1. The van der Waals surface area contributed by atoms with Crippen LogP contribution < -0.4 is 15.0 Å². The third-order valence-corrected chi connectivity index (χ3v) is 6.46. The summed E-state index contributed by atoms with van der Waals surface area (Å²) in [5.74, 6) is 1.05. The summed E-state index contributed by atoms with van der Waals surface area (Å²) in [4.78, 5) is 28.9. The van der Waals surface area contributed by atoms with Crippen molar-refractivity contribution in [3.05, 3.63) is 128 Å². The van der Waals surface area contributed by atoms with Gasteiger partial charge in [-0.3, -0.25) is 10.2 Å². The Morgan fingerprint density at radius 3 is 2.02 bits per heavy atom. The number of carbonyl (C=O) groups excluding carboxylic acids is 1. The number of benzene rings is 4. The lowest BCUT2D eigenvalue weighted by molar-refractivity contribution is 0.259. The first-order chi connectivity index (χ1) is 19.7. The maximum Gasteiger partial charge on any atom is 0.332 e. The number of ether oxygens (including phenoxy) is 1. The van der Waals surface area contributed by atoms with Crippen LogP contribution in [-0.4, -0.2) is 28.1 Å². The van der Waals surface area contributed by atoms with E-state index < -0.39 is 0 Å². The van der Waals surface area contributed by atoms with E-state index in [4.69, 9.17) is 9.72 Å². The Kier molecular flexibility index (Phi) is 6.84. The van der Waals surface area contributed by atoms with Crippen LogP contribution in [0, 0.1) is 0 Å². The molecule has 40 heavy (non-hydrogen) atoms. The van der Waals surface area contributed by atoms with Crippen molar-refractivity contribution in [2.45, 2.75) is 0 Å². The van der Waals surface area contributed by atoms with Gasteiger partial charge in [-0.15, -0.1) is 0 Å². The average molecular weight is 524 g/mol. The Labute approximate surface area is 231 Å². The summed E-state index contributed by atoms with van der Waals surface area (Å²) in [7, 11) is 1.66. The number of aromatic nitrogens is 3. The van der Waals surface area contributed by atoms with Crippen LogP contribution in [0.3, 0.4) is 0 Å². The summed E-state index contributed by atoms with van der Waals surface area (Å²) in [6.45, 7) is 0. The van der Waals surface area contributed by atoms with Crippen LogP contribution in [0.25, 0.3) is 33.5 Å². The molecule has 7 heteroatoms. The number of pyridine rings is 1. The van der Waals surface area contributed by atoms with Crippen LogP contribution in [0.1, 0.15) is 0 Å². The summed E-state index contributed by atoms with van der Waals surface area (Å²) in [6.07, 6.45) is 1.54. The maximum atomic E-state index is 13.5. The standard InChI is InChI=1S/C33H25N5O2/c1-40-30-21-24(17-18-27(30)23-11-5-2-6-12-23)28-19-20-29-32(35-28)36-31(22-34-29)37-33(39)38(25-13-7-3-8-14-25)26-15-9-4-10-16-26/h2-22H,1H3,(H,35,36,37,39). The van der Waals surface area contributed by atoms with Gasteiger partial charge in [0.15, 0.2) is 11.5 Å². The number of methoxy groups -OCH3 is 1. The van der Waals surface area contributed by atoms with Crippen molar-refractivity contribution in [1.29, 1.82) is 0 Å². The molecular weight excluding hydrogens is 498 g/mol. The topological polar surface area (TPSA) is 80.2 Å². The molecule has 0 unspecified atom stereocenters. The van der Waals surface area contributed by atoms with Crippen LogP contribution in [0.15, 0.2) is 128 Å². The second-order valence-electron chi connectivity index (χ2n) is 9.01. The number of carbonyl (C=O) groups is 1. The van der Waals surface area contributed by atoms with Crippen molar-refractivity contribution in [3.8, 4) is 28.1 Å². The number of nitrogens with one attached hydrogen (secondary N) is 1. The fraction of sp³-hybridized carbons (Fsp3) is 0.0303.